The van der Waals surface area contributed by atoms with Gasteiger partial charge in [0, 0.05) is 35.1 Å². The van der Waals surface area contributed by atoms with E-state index >= 15 is 0 Å². The van der Waals surface area contributed by atoms with Crippen molar-refractivity contribution in [3.63, 3.8) is 0 Å². The summed E-state index contributed by atoms with van der Waals surface area (Å²) in [6, 6.07) is 11.5. The van der Waals surface area contributed by atoms with Crippen LogP contribution in [0.1, 0.15) is 25.3 Å². The van der Waals surface area contributed by atoms with E-state index in [0.717, 1.165) is 30.3 Å². The number of urea groups is 1. The van der Waals surface area contributed by atoms with Gasteiger partial charge in [-0.1, -0.05) is 0 Å². The first kappa shape index (κ1) is 31.8. The molecule has 0 bridgehead atoms. The molecule has 0 saturated carbocycles. The molecular formula is C30H28F4N4O6. The number of carboxylic acid groups (broad SMARTS) is 1. The monoisotopic (exact) mass is 616 g/mol. The summed E-state index contributed by atoms with van der Waals surface area (Å²) in [5.74, 6) is -1.13. The average Bonchev–Trinajstić information content (AvgIpc) is 2.96. The van der Waals surface area contributed by atoms with Gasteiger partial charge in [-0.25, -0.2) is 9.18 Å². The maximum atomic E-state index is 15.0. The van der Waals surface area contributed by atoms with Crippen LogP contribution in [0.2, 0.25) is 0 Å². The van der Waals surface area contributed by atoms with Gasteiger partial charge in [0.05, 0.1) is 24.8 Å². The molecule has 1 aromatic heterocycles. The smallest absolute Gasteiger partial charge is 0.416 e. The highest BCUT2D eigenvalue weighted by Crippen LogP contribution is 2.38. The molecule has 0 radical (unpaired) electrons. The number of hydrogen-bond acceptors (Lipinski definition) is 7. The van der Waals surface area contributed by atoms with E-state index in [9.17, 15) is 27.2 Å². The van der Waals surface area contributed by atoms with Gasteiger partial charge in [0.15, 0.2) is 23.1 Å². The number of carbonyl (C=O) groups is 2. The van der Waals surface area contributed by atoms with Crippen molar-refractivity contribution in [1.82, 2.24) is 4.98 Å². The number of carboxylic acids is 1. The third kappa shape index (κ3) is 7.83. The average molecular weight is 617 g/mol. The molecule has 0 aliphatic heterocycles. The predicted octanol–water partition coefficient (Wildman–Crippen LogP) is 6.80. The molecule has 1 heterocycles. The molecule has 0 aliphatic rings. The van der Waals surface area contributed by atoms with Crippen LogP contribution in [0.25, 0.3) is 10.9 Å². The number of halogens is 4. The summed E-state index contributed by atoms with van der Waals surface area (Å²) in [4.78, 5) is 27.8. The van der Waals surface area contributed by atoms with E-state index in [1.54, 1.807) is 12.1 Å². The first-order valence-electron chi connectivity index (χ1n) is 13.1. The number of rotatable bonds is 11. The van der Waals surface area contributed by atoms with Gasteiger partial charge in [-0.3, -0.25) is 9.78 Å². The second-order valence-corrected chi connectivity index (χ2v) is 9.91. The predicted molar refractivity (Wildman–Crippen MR) is 154 cm³/mol. The van der Waals surface area contributed by atoms with E-state index < -0.39 is 35.1 Å². The lowest BCUT2D eigenvalue weighted by Crippen LogP contribution is -2.44. The van der Waals surface area contributed by atoms with Crippen molar-refractivity contribution in [2.75, 3.05) is 24.4 Å². The Hall–Kier alpha value is -5.11. The quantitative estimate of drug-likeness (QED) is 0.106. The molecule has 0 fully saturated rings. The van der Waals surface area contributed by atoms with E-state index in [-0.39, 0.29) is 35.9 Å². The van der Waals surface area contributed by atoms with Gasteiger partial charge >= 0.3 is 18.2 Å². The number of nitrogens with two attached hydrogens (primary N) is 1. The van der Waals surface area contributed by atoms with Crippen LogP contribution in [-0.4, -0.2) is 41.3 Å². The minimum absolute atomic E-state index is 0.0700. The second kappa shape index (κ2) is 13.0. The normalized spacial score (nSPS) is 12.7. The zero-order valence-corrected chi connectivity index (χ0v) is 23.5. The Bertz CT molecular complexity index is 1660. The van der Waals surface area contributed by atoms with Crippen molar-refractivity contribution in [2.45, 2.75) is 31.5 Å². The number of aliphatic carboxylic acids is 1. The first-order valence-corrected chi connectivity index (χ1v) is 13.1. The molecule has 4 aromatic rings. The van der Waals surface area contributed by atoms with Crippen LogP contribution in [0.5, 0.6) is 23.0 Å². The van der Waals surface area contributed by atoms with Crippen LogP contribution in [0, 0.1) is 5.82 Å². The topological polar surface area (TPSA) is 145 Å². The number of nitrogens with one attached hydrogen (secondary N) is 2. The lowest BCUT2D eigenvalue weighted by Gasteiger charge is -2.19. The molecule has 44 heavy (non-hydrogen) atoms. The van der Waals surface area contributed by atoms with E-state index in [2.05, 4.69) is 15.6 Å². The largest absolute Gasteiger partial charge is 0.493 e. The maximum Gasteiger partial charge on any atom is 0.416 e. The number of anilines is 2. The summed E-state index contributed by atoms with van der Waals surface area (Å²) >= 11 is 0. The standard InChI is InChI=1S/C30H28F4N4O6/c1-29(35,27(39)40)11-3-13-43-26-16-22-20(15-25(26)42-2)23(10-12-36-22)44-24-9-8-19(14-21(24)31)38-28(41)37-18-6-4-17(5-7-18)30(32,33)34/h4-10,12,14-16H,3,11,13,35H2,1-2H3,(H,39,40)(H2,37,38,41). The van der Waals surface area contributed by atoms with Crippen molar-refractivity contribution in [3.05, 3.63) is 78.2 Å². The van der Waals surface area contributed by atoms with Gasteiger partial charge in [-0.05, 0) is 68.3 Å². The van der Waals surface area contributed by atoms with Crippen LogP contribution in [0.3, 0.4) is 0 Å². The number of ether oxygens (including phenoxy) is 3. The number of amides is 2. The van der Waals surface area contributed by atoms with Crippen LogP contribution >= 0.6 is 0 Å². The van der Waals surface area contributed by atoms with Crippen molar-refractivity contribution in [3.8, 4) is 23.0 Å². The molecule has 0 spiro atoms. The number of benzene rings is 3. The summed E-state index contributed by atoms with van der Waals surface area (Å²) in [6.45, 7) is 1.60. The van der Waals surface area contributed by atoms with Crippen LogP contribution in [-0.2, 0) is 11.0 Å². The molecule has 0 saturated heterocycles. The van der Waals surface area contributed by atoms with Crippen LogP contribution in [0.4, 0.5) is 33.7 Å². The first-order chi connectivity index (χ1) is 20.8. The highest BCUT2D eigenvalue weighted by atomic mass is 19.4. The number of methoxy groups -OCH3 is 1. The summed E-state index contributed by atoms with van der Waals surface area (Å²) in [7, 11) is 1.44. The third-order valence-corrected chi connectivity index (χ3v) is 6.45. The molecule has 5 N–H and O–H groups in total. The van der Waals surface area contributed by atoms with Gasteiger partial charge in [0.25, 0.3) is 0 Å². The molecule has 2 amide bonds. The molecule has 1 unspecified atom stereocenters. The number of pyridine rings is 1. The molecule has 1 atom stereocenters. The summed E-state index contributed by atoms with van der Waals surface area (Å²) < 4.78 is 70.2. The van der Waals surface area contributed by atoms with Crippen molar-refractivity contribution >= 4 is 34.3 Å². The van der Waals surface area contributed by atoms with Gasteiger partial charge < -0.3 is 35.7 Å². The Morgan fingerprint density at radius 2 is 1.61 bits per heavy atom. The zero-order valence-electron chi connectivity index (χ0n) is 23.5. The fraction of sp³-hybridized carbons (Fsp3) is 0.233. The van der Waals surface area contributed by atoms with Crippen molar-refractivity contribution in [2.24, 2.45) is 5.73 Å². The van der Waals surface area contributed by atoms with E-state index in [4.69, 9.17) is 25.1 Å². The van der Waals surface area contributed by atoms with Gasteiger partial charge in [-0.15, -0.1) is 0 Å². The second-order valence-electron chi connectivity index (χ2n) is 9.91. The molecule has 0 aliphatic carbocycles. The zero-order chi connectivity index (χ0) is 32.1. The minimum Gasteiger partial charge on any atom is -0.493 e. The van der Waals surface area contributed by atoms with Gasteiger partial charge in [-0.2, -0.15) is 13.2 Å². The number of aromatic nitrogens is 1. The number of fused-ring (bicyclic) bond motifs is 1. The van der Waals surface area contributed by atoms with Crippen molar-refractivity contribution in [1.29, 1.82) is 0 Å². The van der Waals surface area contributed by atoms with Gasteiger partial charge in [0.1, 0.15) is 11.3 Å². The molecule has 4 rings (SSSR count). The molecule has 3 aromatic carbocycles. The maximum absolute atomic E-state index is 15.0. The highest BCUT2D eigenvalue weighted by molar-refractivity contribution is 5.99. The van der Waals surface area contributed by atoms with E-state index in [1.807, 2.05) is 0 Å². The SMILES string of the molecule is COc1cc2c(Oc3ccc(NC(=O)Nc4ccc(C(F)(F)F)cc4)cc3F)ccnc2cc1OCCCC(C)(N)C(=O)O. The highest BCUT2D eigenvalue weighted by Gasteiger charge is 2.30. The molecule has 10 nitrogen and oxygen atoms in total. The van der Waals surface area contributed by atoms with Crippen LogP contribution < -0.4 is 30.6 Å². The number of hydrogen-bond donors (Lipinski definition) is 4. The number of nitrogens with zero attached hydrogens (tertiary/aromatic N) is 1. The number of carbonyl (C=O) groups excluding carboxylic acids is 1. The molecule has 14 heteroatoms. The minimum atomic E-state index is -4.51. The fourth-order valence-electron chi connectivity index (χ4n) is 4.03. The Labute approximate surface area is 248 Å². The van der Waals surface area contributed by atoms with Gasteiger partial charge in [0.2, 0.25) is 0 Å². The van der Waals surface area contributed by atoms with Crippen molar-refractivity contribution < 1.29 is 46.5 Å². The fourth-order valence-corrected chi connectivity index (χ4v) is 4.03. The summed E-state index contributed by atoms with van der Waals surface area (Å²) in [5.41, 5.74) is 4.14. The van der Waals surface area contributed by atoms with E-state index in [1.165, 1.54) is 38.4 Å². The number of alkyl halides is 3. The van der Waals surface area contributed by atoms with Crippen LogP contribution in [0.15, 0.2) is 66.9 Å². The Kier molecular flexibility index (Phi) is 9.43. The van der Waals surface area contributed by atoms with E-state index in [0.29, 0.717) is 28.8 Å². The summed E-state index contributed by atoms with van der Waals surface area (Å²) in [5, 5.41) is 14.4. The lowest BCUT2D eigenvalue weighted by molar-refractivity contribution is -0.143. The third-order valence-electron chi connectivity index (χ3n) is 6.45. The Morgan fingerprint density at radius 3 is 2.25 bits per heavy atom. The lowest BCUT2D eigenvalue weighted by atomic mass is 9.98. The Balaban J connectivity index is 1.43. The summed E-state index contributed by atoms with van der Waals surface area (Å²) in [6.07, 6.45) is -2.48. The molecular weight excluding hydrogens is 588 g/mol. The molecule has 232 valence electrons. The Morgan fingerprint density at radius 1 is 0.932 bits per heavy atom.